The summed E-state index contributed by atoms with van der Waals surface area (Å²) in [5, 5.41) is 10.5. The van der Waals surface area contributed by atoms with Gasteiger partial charge in [0.1, 0.15) is 12.4 Å². The monoisotopic (exact) mass is 381 g/mol. The van der Waals surface area contributed by atoms with Crippen LogP contribution in [0.25, 0.3) is 11.0 Å². The van der Waals surface area contributed by atoms with Gasteiger partial charge < -0.3 is 19.1 Å². The maximum Gasteiger partial charge on any atom is 0.242 e. The summed E-state index contributed by atoms with van der Waals surface area (Å²) in [6.07, 6.45) is 6.13. The molecule has 0 bridgehead atoms. The summed E-state index contributed by atoms with van der Waals surface area (Å²) in [6.45, 7) is 7.57. The van der Waals surface area contributed by atoms with Crippen molar-refractivity contribution < 1.29 is 9.90 Å². The number of aromatic nitrogens is 4. The van der Waals surface area contributed by atoms with Crippen molar-refractivity contribution in [3.8, 4) is 0 Å². The molecular formula is C21H27N5O2. The number of hydrogen-bond acceptors (Lipinski definition) is 4. The zero-order valence-corrected chi connectivity index (χ0v) is 16.7. The molecule has 0 radical (unpaired) electrons. The first kappa shape index (κ1) is 18.7. The number of amides is 1. The number of hydrogen-bond donors (Lipinski definition) is 1. The molecule has 3 heterocycles. The fourth-order valence-corrected chi connectivity index (χ4v) is 4.07. The van der Waals surface area contributed by atoms with Crippen molar-refractivity contribution in [2.75, 3.05) is 13.1 Å². The second kappa shape index (κ2) is 7.39. The molecule has 28 heavy (non-hydrogen) atoms. The predicted octanol–water partition coefficient (Wildman–Crippen LogP) is 2.38. The first-order valence-electron chi connectivity index (χ1n) is 9.81. The van der Waals surface area contributed by atoms with Gasteiger partial charge in [-0.05, 0) is 56.9 Å². The lowest BCUT2D eigenvalue weighted by atomic mass is 10.1. The second-order valence-electron chi connectivity index (χ2n) is 7.77. The average Bonchev–Trinajstić information content (AvgIpc) is 3.23. The number of fused-ring (bicyclic) bond motifs is 1. The summed E-state index contributed by atoms with van der Waals surface area (Å²) >= 11 is 0. The molecule has 0 saturated carbocycles. The van der Waals surface area contributed by atoms with E-state index >= 15 is 0 Å². The second-order valence-corrected chi connectivity index (χ2v) is 7.77. The van der Waals surface area contributed by atoms with Crippen LogP contribution in [-0.4, -0.2) is 54.2 Å². The fraction of sp³-hybridized carbons (Fsp3) is 0.476. The van der Waals surface area contributed by atoms with Crippen LogP contribution in [0.1, 0.15) is 35.8 Å². The Labute approximate surface area is 164 Å². The third kappa shape index (κ3) is 3.42. The van der Waals surface area contributed by atoms with Crippen molar-refractivity contribution in [2.45, 2.75) is 52.3 Å². The van der Waals surface area contributed by atoms with Gasteiger partial charge in [0.25, 0.3) is 0 Å². The van der Waals surface area contributed by atoms with E-state index < -0.39 is 6.10 Å². The van der Waals surface area contributed by atoms with Gasteiger partial charge in [-0.3, -0.25) is 4.79 Å². The number of benzene rings is 1. The van der Waals surface area contributed by atoms with Crippen LogP contribution in [-0.2, 0) is 11.3 Å². The van der Waals surface area contributed by atoms with E-state index in [1.807, 2.05) is 27.2 Å². The summed E-state index contributed by atoms with van der Waals surface area (Å²) < 4.78 is 3.94. The third-order valence-electron chi connectivity index (χ3n) is 5.94. The van der Waals surface area contributed by atoms with E-state index in [4.69, 9.17) is 0 Å². The number of likely N-dealkylation sites (tertiary alicyclic amines) is 1. The number of imidazole rings is 2. The number of rotatable bonds is 3. The van der Waals surface area contributed by atoms with E-state index in [0.717, 1.165) is 16.9 Å². The molecule has 3 aromatic rings. The SMILES string of the molecule is Cc1cc2nc(C)n(CC(=O)N3CC[C@H](O)[C@@H](n4ccnc4)CC3)c2cc1C. The van der Waals surface area contributed by atoms with Crippen LogP contribution in [0.3, 0.4) is 0 Å². The van der Waals surface area contributed by atoms with E-state index in [1.54, 1.807) is 12.5 Å². The molecule has 1 fully saturated rings. The van der Waals surface area contributed by atoms with Crippen molar-refractivity contribution >= 4 is 16.9 Å². The highest BCUT2D eigenvalue weighted by Crippen LogP contribution is 2.24. The van der Waals surface area contributed by atoms with Crippen LogP contribution in [0.4, 0.5) is 0 Å². The first-order chi connectivity index (χ1) is 13.4. The summed E-state index contributed by atoms with van der Waals surface area (Å²) in [4.78, 5) is 23.6. The maximum atomic E-state index is 13.0. The predicted molar refractivity (Wildman–Crippen MR) is 107 cm³/mol. The molecule has 1 amide bonds. The minimum absolute atomic E-state index is 0.0401. The first-order valence-corrected chi connectivity index (χ1v) is 9.81. The van der Waals surface area contributed by atoms with Gasteiger partial charge in [0.15, 0.2) is 0 Å². The number of aryl methyl sites for hydroxylation is 3. The van der Waals surface area contributed by atoms with Crippen molar-refractivity contribution in [3.05, 3.63) is 47.8 Å². The topological polar surface area (TPSA) is 76.2 Å². The van der Waals surface area contributed by atoms with E-state index in [9.17, 15) is 9.90 Å². The van der Waals surface area contributed by atoms with Crippen molar-refractivity contribution in [3.63, 3.8) is 0 Å². The van der Waals surface area contributed by atoms with Crippen LogP contribution >= 0.6 is 0 Å². The molecule has 4 rings (SSSR count). The van der Waals surface area contributed by atoms with Crippen LogP contribution in [0.15, 0.2) is 30.9 Å². The zero-order chi connectivity index (χ0) is 19.8. The number of carbonyl (C=O) groups excluding carboxylic acids is 1. The van der Waals surface area contributed by atoms with Gasteiger partial charge in [-0.15, -0.1) is 0 Å². The van der Waals surface area contributed by atoms with Gasteiger partial charge in [-0.25, -0.2) is 9.97 Å². The smallest absolute Gasteiger partial charge is 0.242 e. The Balaban J connectivity index is 1.52. The van der Waals surface area contributed by atoms with Gasteiger partial charge in [0, 0.05) is 25.5 Å². The molecule has 1 aliphatic rings. The Morgan fingerprint density at radius 1 is 1.18 bits per heavy atom. The molecule has 2 aromatic heterocycles. The number of nitrogens with zero attached hydrogens (tertiary/aromatic N) is 5. The van der Waals surface area contributed by atoms with Crippen molar-refractivity contribution in [1.29, 1.82) is 0 Å². The molecule has 148 valence electrons. The normalized spacial score (nSPS) is 20.5. The molecule has 7 nitrogen and oxygen atoms in total. The van der Waals surface area contributed by atoms with Gasteiger partial charge >= 0.3 is 0 Å². The van der Waals surface area contributed by atoms with Crippen LogP contribution in [0.2, 0.25) is 0 Å². The van der Waals surface area contributed by atoms with Gasteiger partial charge in [-0.2, -0.15) is 0 Å². The maximum absolute atomic E-state index is 13.0. The summed E-state index contributed by atoms with van der Waals surface area (Å²) in [5.41, 5.74) is 4.33. The van der Waals surface area contributed by atoms with Gasteiger partial charge in [0.2, 0.25) is 5.91 Å². The highest BCUT2D eigenvalue weighted by atomic mass is 16.3. The largest absolute Gasteiger partial charge is 0.391 e. The Hall–Kier alpha value is -2.67. The van der Waals surface area contributed by atoms with E-state index in [0.29, 0.717) is 25.9 Å². The summed E-state index contributed by atoms with van der Waals surface area (Å²) in [6, 6.07) is 4.15. The Morgan fingerprint density at radius 2 is 1.93 bits per heavy atom. The summed E-state index contributed by atoms with van der Waals surface area (Å²) in [7, 11) is 0. The molecule has 1 saturated heterocycles. The lowest BCUT2D eigenvalue weighted by Crippen LogP contribution is -2.35. The van der Waals surface area contributed by atoms with Crippen LogP contribution in [0.5, 0.6) is 0 Å². The van der Waals surface area contributed by atoms with E-state index in [2.05, 4.69) is 35.9 Å². The third-order valence-corrected chi connectivity index (χ3v) is 5.94. The lowest BCUT2D eigenvalue weighted by Gasteiger charge is -2.22. The number of carbonyl (C=O) groups is 1. The minimum atomic E-state index is -0.478. The molecule has 1 aromatic carbocycles. The summed E-state index contributed by atoms with van der Waals surface area (Å²) in [5.74, 6) is 0.915. The van der Waals surface area contributed by atoms with Crippen molar-refractivity contribution in [1.82, 2.24) is 24.0 Å². The molecule has 7 heteroatoms. The molecule has 0 aliphatic carbocycles. The standard InChI is InChI=1S/C21H27N5O2/c1-14-10-17-19(11-15(14)2)26(16(3)23-17)12-21(28)24-7-4-18(20(27)5-8-24)25-9-6-22-13-25/h6,9-11,13,18,20,27H,4-5,7-8,12H2,1-3H3/t18-,20-/m0/s1. The Bertz CT molecular complexity index is 992. The molecule has 1 N–H and O–H groups in total. The zero-order valence-electron chi connectivity index (χ0n) is 16.7. The fourth-order valence-electron chi connectivity index (χ4n) is 4.07. The molecular weight excluding hydrogens is 354 g/mol. The Kier molecular flexibility index (Phi) is 4.93. The molecule has 0 spiro atoms. The lowest BCUT2D eigenvalue weighted by molar-refractivity contribution is -0.131. The Morgan fingerprint density at radius 3 is 2.68 bits per heavy atom. The minimum Gasteiger partial charge on any atom is -0.391 e. The molecule has 2 atom stereocenters. The van der Waals surface area contributed by atoms with Crippen LogP contribution < -0.4 is 0 Å². The average molecular weight is 381 g/mol. The van der Waals surface area contributed by atoms with E-state index in [-0.39, 0.29) is 18.5 Å². The highest BCUT2D eigenvalue weighted by Gasteiger charge is 2.28. The molecule has 1 aliphatic heterocycles. The van der Waals surface area contributed by atoms with Crippen molar-refractivity contribution in [2.24, 2.45) is 0 Å². The molecule has 0 unspecified atom stereocenters. The highest BCUT2D eigenvalue weighted by molar-refractivity contribution is 5.82. The number of aliphatic hydroxyl groups is 1. The van der Waals surface area contributed by atoms with Crippen LogP contribution in [0, 0.1) is 20.8 Å². The quantitative estimate of drug-likeness (QED) is 0.756. The number of aliphatic hydroxyl groups excluding tert-OH is 1. The van der Waals surface area contributed by atoms with E-state index in [1.165, 1.54) is 11.1 Å². The van der Waals surface area contributed by atoms with Gasteiger partial charge in [-0.1, -0.05) is 0 Å². The van der Waals surface area contributed by atoms with Gasteiger partial charge in [0.05, 0.1) is 29.5 Å².